The first-order valence-corrected chi connectivity index (χ1v) is 22.9. The molecule has 14 aromatic rings. The van der Waals surface area contributed by atoms with Crippen LogP contribution in [0.15, 0.2) is 173 Å². The topological polar surface area (TPSA) is 30.7 Å². The molecule has 0 unspecified atom stereocenters. The third-order valence-electron chi connectivity index (χ3n) is 14.8. The minimum atomic E-state index is 0.00247. The number of aryl methyl sites for hydroxylation is 1. The van der Waals surface area contributed by atoms with Crippen molar-refractivity contribution >= 4 is 126 Å². The Labute approximate surface area is 373 Å². The van der Waals surface area contributed by atoms with E-state index in [0.717, 1.165) is 45.9 Å². The summed E-state index contributed by atoms with van der Waals surface area (Å²) in [6, 6.07) is 61.1. The highest BCUT2D eigenvalue weighted by molar-refractivity contribution is 6.25. The summed E-state index contributed by atoms with van der Waals surface area (Å²) in [7, 11) is 0. The number of benzene rings is 10. The molecule has 4 aromatic heterocycles. The van der Waals surface area contributed by atoms with Gasteiger partial charge >= 0.3 is 0 Å². The lowest BCUT2D eigenvalue weighted by Crippen LogP contribution is -2.10. The monoisotopic (exact) mass is 831 g/mol. The molecule has 3 heteroatoms. The molecule has 4 heterocycles. The fourth-order valence-electron chi connectivity index (χ4n) is 11.4. The van der Waals surface area contributed by atoms with Crippen LogP contribution >= 0.6 is 0 Å². The second-order valence-corrected chi connectivity index (χ2v) is 19.7. The highest BCUT2D eigenvalue weighted by Gasteiger charge is 2.25. The normalized spacial score (nSPS) is 13.7. The van der Waals surface area contributed by atoms with E-state index in [-0.39, 0.29) is 5.41 Å². The Kier molecular flexibility index (Phi) is 6.80. The van der Waals surface area contributed by atoms with Gasteiger partial charge in [0.05, 0.1) is 16.6 Å². The summed E-state index contributed by atoms with van der Waals surface area (Å²) in [5.74, 6) is 0. The summed E-state index contributed by atoms with van der Waals surface area (Å²) in [4.78, 5) is 0. The highest BCUT2D eigenvalue weighted by Crippen LogP contribution is 2.46. The van der Waals surface area contributed by atoms with Gasteiger partial charge in [0.15, 0.2) is 0 Å². The van der Waals surface area contributed by atoms with Crippen molar-refractivity contribution < 1.29 is 8.83 Å². The number of aromatic nitrogens is 1. The molecule has 0 saturated carbocycles. The van der Waals surface area contributed by atoms with Crippen LogP contribution in [-0.4, -0.2) is 4.40 Å². The van der Waals surface area contributed by atoms with Crippen LogP contribution in [-0.2, 0) is 11.8 Å². The summed E-state index contributed by atoms with van der Waals surface area (Å²) in [5, 5.41) is 17.3. The number of fused-ring (bicyclic) bond motifs is 16. The molecule has 10 aromatic carbocycles. The van der Waals surface area contributed by atoms with Crippen molar-refractivity contribution in [3.05, 3.63) is 186 Å². The average Bonchev–Trinajstić information content (AvgIpc) is 4.06. The standard InChI is InChI=1S/C62H41NO2/c1-62(2,3)46-32-53-47-22-42-14-12-38(40-16-18-57-49(26-40)51-24-34-8-4-6-10-36(34)30-59(51)64-57)20-44(42)28-55(47)63-56-29-45-21-39(13-15-43(45)23-48(56)54(33-46)61(53)63)41-17-19-58-50(27-41)52-25-35-9-5-7-11-37(35)31-60(52)65-58/h4-12,14,16-33H,13,15H2,1-3H3. The zero-order valence-electron chi connectivity index (χ0n) is 36.3. The Morgan fingerprint density at radius 2 is 0.923 bits per heavy atom. The number of rotatable bonds is 2. The van der Waals surface area contributed by atoms with Gasteiger partial charge in [0.2, 0.25) is 0 Å². The number of hydrogen-bond acceptors (Lipinski definition) is 2. The fourth-order valence-corrected chi connectivity index (χ4v) is 11.4. The molecule has 0 fully saturated rings. The maximum Gasteiger partial charge on any atom is 0.136 e. The van der Waals surface area contributed by atoms with E-state index in [9.17, 15) is 0 Å². The quantitative estimate of drug-likeness (QED) is 0.174. The maximum absolute atomic E-state index is 6.39. The minimum Gasteiger partial charge on any atom is -0.456 e. The number of furan rings is 2. The predicted molar refractivity (Wildman–Crippen MR) is 275 cm³/mol. The summed E-state index contributed by atoms with van der Waals surface area (Å²) < 4.78 is 15.3. The molecule has 65 heavy (non-hydrogen) atoms. The minimum absolute atomic E-state index is 0.00247. The van der Waals surface area contributed by atoms with Gasteiger partial charge in [0.25, 0.3) is 0 Å². The molecule has 0 saturated heterocycles. The van der Waals surface area contributed by atoms with Crippen molar-refractivity contribution in [1.29, 1.82) is 0 Å². The van der Waals surface area contributed by atoms with Gasteiger partial charge in [0, 0.05) is 43.1 Å². The van der Waals surface area contributed by atoms with Gasteiger partial charge in [-0.25, -0.2) is 0 Å². The Balaban J connectivity index is 0.907. The van der Waals surface area contributed by atoms with Crippen molar-refractivity contribution in [3.63, 3.8) is 0 Å². The van der Waals surface area contributed by atoms with Crippen molar-refractivity contribution in [3.8, 4) is 11.1 Å². The first kappa shape index (κ1) is 35.6. The lowest BCUT2D eigenvalue weighted by molar-refractivity contribution is 0.592. The summed E-state index contributed by atoms with van der Waals surface area (Å²) in [6.07, 6.45) is 4.46. The van der Waals surface area contributed by atoms with Crippen molar-refractivity contribution in [1.82, 2.24) is 4.40 Å². The third kappa shape index (κ3) is 5.07. The van der Waals surface area contributed by atoms with Crippen molar-refractivity contribution in [2.75, 3.05) is 0 Å². The van der Waals surface area contributed by atoms with Crippen LogP contribution in [0.5, 0.6) is 0 Å². The summed E-state index contributed by atoms with van der Waals surface area (Å²) in [6.45, 7) is 7.01. The van der Waals surface area contributed by atoms with Crippen LogP contribution in [0.3, 0.4) is 0 Å². The van der Waals surface area contributed by atoms with Crippen LogP contribution in [0.25, 0.3) is 137 Å². The molecular weight excluding hydrogens is 791 g/mol. The van der Waals surface area contributed by atoms with Crippen LogP contribution in [0.4, 0.5) is 0 Å². The van der Waals surface area contributed by atoms with Crippen molar-refractivity contribution in [2.24, 2.45) is 0 Å². The molecular formula is C62H41NO2. The van der Waals surface area contributed by atoms with Gasteiger partial charge in [-0.2, -0.15) is 0 Å². The zero-order valence-corrected chi connectivity index (χ0v) is 36.3. The van der Waals surface area contributed by atoms with Crippen LogP contribution in [0.1, 0.15) is 49.4 Å². The fraction of sp³-hybridized carbons (Fsp3) is 0.0968. The largest absolute Gasteiger partial charge is 0.456 e. The smallest absolute Gasteiger partial charge is 0.136 e. The van der Waals surface area contributed by atoms with Gasteiger partial charge in [-0.15, -0.1) is 0 Å². The van der Waals surface area contributed by atoms with Crippen LogP contribution < -0.4 is 0 Å². The molecule has 0 aliphatic heterocycles. The second kappa shape index (κ2) is 12.4. The predicted octanol–water partition coefficient (Wildman–Crippen LogP) is 17.5. The molecule has 0 radical (unpaired) electrons. The zero-order chi connectivity index (χ0) is 42.9. The van der Waals surface area contributed by atoms with Crippen LogP contribution in [0, 0.1) is 0 Å². The molecule has 15 rings (SSSR count). The number of nitrogens with zero attached hydrogens (tertiary/aromatic N) is 1. The lowest BCUT2D eigenvalue weighted by Gasteiger charge is -2.20. The Bertz CT molecular complexity index is 4450. The van der Waals surface area contributed by atoms with E-state index >= 15 is 0 Å². The third-order valence-corrected chi connectivity index (χ3v) is 14.8. The van der Waals surface area contributed by atoms with E-state index in [1.54, 1.807) is 0 Å². The molecule has 0 bridgehead atoms. The molecule has 1 aliphatic rings. The number of hydrogen-bond donors (Lipinski definition) is 0. The SMILES string of the molecule is CC(C)(C)c1cc2c3cc4c(cc3n3c5cc6cc(-c7ccc8oc9cc%10ccccc%10cc9c8c7)ccc6cc5c(c1)c23)C=C(c1ccc2oc3cc5ccccc5cc3c2c1)CC4. The van der Waals surface area contributed by atoms with Crippen LogP contribution in [0.2, 0.25) is 0 Å². The van der Waals surface area contributed by atoms with E-state index in [2.05, 4.69) is 195 Å². The van der Waals surface area contributed by atoms with Gasteiger partial charge in [-0.1, -0.05) is 99.6 Å². The highest BCUT2D eigenvalue weighted by atomic mass is 16.3. The molecule has 3 nitrogen and oxygen atoms in total. The second-order valence-electron chi connectivity index (χ2n) is 19.7. The van der Waals surface area contributed by atoms with E-state index in [4.69, 9.17) is 8.83 Å². The first-order valence-electron chi connectivity index (χ1n) is 22.9. The first-order chi connectivity index (χ1) is 31.8. The molecule has 0 atom stereocenters. The number of allylic oxidation sites excluding steroid dienone is 1. The molecule has 0 amide bonds. The molecule has 306 valence electrons. The van der Waals surface area contributed by atoms with Crippen molar-refractivity contribution in [2.45, 2.75) is 39.0 Å². The van der Waals surface area contributed by atoms with E-state index in [1.807, 2.05) is 0 Å². The van der Waals surface area contributed by atoms with E-state index in [0.29, 0.717) is 0 Å². The molecule has 1 aliphatic carbocycles. The molecule has 0 N–H and O–H groups in total. The van der Waals surface area contributed by atoms with Gasteiger partial charge < -0.3 is 13.2 Å². The van der Waals surface area contributed by atoms with E-state index in [1.165, 1.54) is 120 Å². The van der Waals surface area contributed by atoms with Gasteiger partial charge in [-0.3, -0.25) is 0 Å². The Hall–Kier alpha value is -7.88. The van der Waals surface area contributed by atoms with Gasteiger partial charge in [-0.05, 0) is 181 Å². The summed E-state index contributed by atoms with van der Waals surface area (Å²) in [5.41, 5.74) is 16.7. The average molecular weight is 832 g/mol. The van der Waals surface area contributed by atoms with Gasteiger partial charge in [0.1, 0.15) is 22.3 Å². The molecule has 0 spiro atoms. The lowest BCUT2D eigenvalue weighted by atomic mass is 9.84. The van der Waals surface area contributed by atoms with E-state index < -0.39 is 0 Å². The Morgan fingerprint density at radius 1 is 0.400 bits per heavy atom. The Morgan fingerprint density at radius 3 is 1.58 bits per heavy atom. The maximum atomic E-state index is 6.39. The summed E-state index contributed by atoms with van der Waals surface area (Å²) >= 11 is 0.